The van der Waals surface area contributed by atoms with Crippen LogP contribution in [-0.2, 0) is 14.6 Å². The molecule has 0 rings (SSSR count). The van der Waals surface area contributed by atoms with Gasteiger partial charge in [0.05, 0.1) is 6.61 Å². The highest BCUT2D eigenvalue weighted by Gasteiger charge is 2.04. The summed E-state index contributed by atoms with van der Waals surface area (Å²) in [5.41, 5.74) is 0. The molecule has 0 aliphatic heterocycles. The van der Waals surface area contributed by atoms with Crippen LogP contribution in [0.4, 0.5) is 0 Å². The summed E-state index contributed by atoms with van der Waals surface area (Å²) in [6.07, 6.45) is 2.66. The van der Waals surface area contributed by atoms with E-state index in [4.69, 9.17) is 4.55 Å². The average molecular weight is 196 g/mol. The zero-order valence-electron chi connectivity index (χ0n) is 7.49. The molecule has 0 bridgehead atoms. The Bertz CT molecular complexity index is 197. The maximum absolute atomic E-state index is 10.1. The molecule has 1 N–H and O–H groups in total. The molecular formula is C7H16O4S. The van der Waals surface area contributed by atoms with Crippen molar-refractivity contribution in [2.45, 2.75) is 33.1 Å². The zero-order chi connectivity index (χ0) is 9.61. The second-order valence-electron chi connectivity index (χ2n) is 2.91. The molecule has 0 aliphatic carbocycles. The number of hydrogen-bond acceptors (Lipinski definition) is 3. The van der Waals surface area contributed by atoms with E-state index >= 15 is 0 Å². The van der Waals surface area contributed by atoms with Crippen molar-refractivity contribution in [1.29, 1.82) is 0 Å². The van der Waals surface area contributed by atoms with Crippen molar-refractivity contribution >= 4 is 10.4 Å². The molecule has 74 valence electrons. The van der Waals surface area contributed by atoms with E-state index in [9.17, 15) is 8.42 Å². The molecule has 0 amide bonds. The van der Waals surface area contributed by atoms with E-state index in [-0.39, 0.29) is 6.61 Å². The molecule has 0 aromatic rings. The second kappa shape index (κ2) is 5.50. The third-order valence-electron chi connectivity index (χ3n) is 1.77. The molecule has 0 fully saturated rings. The third-order valence-corrected chi connectivity index (χ3v) is 2.23. The van der Waals surface area contributed by atoms with Crippen LogP contribution in [0.15, 0.2) is 0 Å². The van der Waals surface area contributed by atoms with Crippen molar-refractivity contribution in [1.82, 2.24) is 0 Å². The van der Waals surface area contributed by atoms with Gasteiger partial charge in [-0.15, -0.1) is 0 Å². The summed E-state index contributed by atoms with van der Waals surface area (Å²) in [5.74, 6) is 0.579. The van der Waals surface area contributed by atoms with E-state index in [1.807, 2.05) is 0 Å². The summed E-state index contributed by atoms with van der Waals surface area (Å²) in [7, 11) is -4.23. The summed E-state index contributed by atoms with van der Waals surface area (Å²) in [6.45, 7) is 4.24. The highest BCUT2D eigenvalue weighted by atomic mass is 32.3. The van der Waals surface area contributed by atoms with Crippen LogP contribution in [-0.4, -0.2) is 19.6 Å². The fourth-order valence-corrected chi connectivity index (χ4v) is 1.13. The lowest BCUT2D eigenvalue weighted by molar-refractivity contribution is 0.255. The lowest BCUT2D eigenvalue weighted by Gasteiger charge is -2.06. The van der Waals surface area contributed by atoms with Crippen LogP contribution in [0.2, 0.25) is 0 Å². The SMILES string of the molecule is CCC(C)CCCOS(=O)(=O)O. The first-order valence-electron chi connectivity index (χ1n) is 4.07. The molecule has 0 aromatic carbocycles. The second-order valence-corrected chi connectivity index (χ2v) is 4.00. The van der Waals surface area contributed by atoms with Gasteiger partial charge in [-0.25, -0.2) is 4.18 Å². The largest absolute Gasteiger partial charge is 0.397 e. The minimum Gasteiger partial charge on any atom is -0.264 e. The number of rotatable bonds is 6. The Labute approximate surface area is 73.9 Å². The van der Waals surface area contributed by atoms with Crippen molar-refractivity contribution in [3.63, 3.8) is 0 Å². The molecule has 4 nitrogen and oxygen atoms in total. The molecular weight excluding hydrogens is 180 g/mol. The first-order valence-corrected chi connectivity index (χ1v) is 5.44. The lowest BCUT2D eigenvalue weighted by atomic mass is 10.0. The van der Waals surface area contributed by atoms with Gasteiger partial charge in [0.1, 0.15) is 0 Å². The van der Waals surface area contributed by atoms with Gasteiger partial charge in [0, 0.05) is 0 Å². The van der Waals surface area contributed by atoms with Crippen LogP contribution < -0.4 is 0 Å². The molecule has 0 aromatic heterocycles. The van der Waals surface area contributed by atoms with Gasteiger partial charge in [0.25, 0.3) is 0 Å². The fraction of sp³-hybridized carbons (Fsp3) is 1.00. The van der Waals surface area contributed by atoms with Gasteiger partial charge in [0.2, 0.25) is 0 Å². The van der Waals surface area contributed by atoms with Crippen molar-refractivity contribution in [2.75, 3.05) is 6.61 Å². The minimum absolute atomic E-state index is 0.0726. The molecule has 1 atom stereocenters. The Morgan fingerprint density at radius 3 is 2.50 bits per heavy atom. The highest BCUT2D eigenvalue weighted by Crippen LogP contribution is 2.09. The van der Waals surface area contributed by atoms with Crippen molar-refractivity contribution in [3.05, 3.63) is 0 Å². The summed E-state index contributed by atoms with van der Waals surface area (Å²) < 4.78 is 32.5. The number of hydrogen-bond donors (Lipinski definition) is 1. The van der Waals surface area contributed by atoms with Crippen LogP contribution >= 0.6 is 0 Å². The van der Waals surface area contributed by atoms with E-state index in [0.717, 1.165) is 12.8 Å². The standard InChI is InChI=1S/C7H16O4S/c1-3-7(2)5-4-6-11-12(8,9)10/h7H,3-6H2,1-2H3,(H,8,9,10). The molecule has 12 heavy (non-hydrogen) atoms. The zero-order valence-corrected chi connectivity index (χ0v) is 8.30. The van der Waals surface area contributed by atoms with Crippen LogP contribution in [0.3, 0.4) is 0 Å². The monoisotopic (exact) mass is 196 g/mol. The van der Waals surface area contributed by atoms with Gasteiger partial charge in [-0.2, -0.15) is 8.42 Å². The smallest absolute Gasteiger partial charge is 0.264 e. The quantitative estimate of drug-likeness (QED) is 0.518. The van der Waals surface area contributed by atoms with Crippen LogP contribution in [0.5, 0.6) is 0 Å². The predicted octanol–water partition coefficient (Wildman–Crippen LogP) is 1.63. The van der Waals surface area contributed by atoms with Crippen molar-refractivity contribution in [2.24, 2.45) is 5.92 Å². The van der Waals surface area contributed by atoms with Crippen molar-refractivity contribution in [3.8, 4) is 0 Å². The summed E-state index contributed by atoms with van der Waals surface area (Å²) in [4.78, 5) is 0. The molecule has 0 saturated heterocycles. The Morgan fingerprint density at radius 2 is 2.08 bits per heavy atom. The molecule has 1 unspecified atom stereocenters. The molecule has 0 saturated carbocycles. The molecule has 5 heteroatoms. The van der Waals surface area contributed by atoms with Crippen LogP contribution in [0, 0.1) is 5.92 Å². The third kappa shape index (κ3) is 7.97. The maximum Gasteiger partial charge on any atom is 0.397 e. The molecule has 0 aliphatic rings. The Morgan fingerprint density at radius 1 is 1.50 bits per heavy atom. The lowest BCUT2D eigenvalue weighted by Crippen LogP contribution is -2.05. The highest BCUT2D eigenvalue weighted by molar-refractivity contribution is 7.80. The van der Waals surface area contributed by atoms with Gasteiger partial charge in [-0.05, 0) is 18.8 Å². The average Bonchev–Trinajstić information content (AvgIpc) is 1.96. The summed E-state index contributed by atoms with van der Waals surface area (Å²) >= 11 is 0. The fourth-order valence-electron chi connectivity index (χ4n) is 0.800. The Kier molecular flexibility index (Phi) is 5.44. The Hall–Kier alpha value is -0.130. The van der Waals surface area contributed by atoms with E-state index in [1.165, 1.54) is 0 Å². The van der Waals surface area contributed by atoms with Crippen LogP contribution in [0.1, 0.15) is 33.1 Å². The first kappa shape index (κ1) is 11.9. The first-order chi connectivity index (χ1) is 5.45. The minimum atomic E-state index is -4.23. The summed E-state index contributed by atoms with van der Waals surface area (Å²) in [6, 6.07) is 0. The van der Waals surface area contributed by atoms with E-state index in [2.05, 4.69) is 18.0 Å². The Balaban J connectivity index is 3.34. The van der Waals surface area contributed by atoms with Gasteiger partial charge in [-0.1, -0.05) is 20.3 Å². The van der Waals surface area contributed by atoms with Gasteiger partial charge >= 0.3 is 10.4 Å². The van der Waals surface area contributed by atoms with E-state index in [1.54, 1.807) is 0 Å². The molecule has 0 heterocycles. The van der Waals surface area contributed by atoms with E-state index < -0.39 is 10.4 Å². The van der Waals surface area contributed by atoms with Crippen molar-refractivity contribution < 1.29 is 17.2 Å². The van der Waals surface area contributed by atoms with Gasteiger partial charge in [0.15, 0.2) is 0 Å². The van der Waals surface area contributed by atoms with Gasteiger partial charge < -0.3 is 0 Å². The normalized spacial score (nSPS) is 14.6. The maximum atomic E-state index is 10.1. The summed E-state index contributed by atoms with van der Waals surface area (Å²) in [5, 5.41) is 0. The van der Waals surface area contributed by atoms with Crippen LogP contribution in [0.25, 0.3) is 0 Å². The molecule has 0 radical (unpaired) electrons. The topological polar surface area (TPSA) is 63.6 Å². The van der Waals surface area contributed by atoms with Gasteiger partial charge in [-0.3, -0.25) is 4.55 Å². The molecule has 0 spiro atoms. The predicted molar refractivity (Wildman–Crippen MR) is 46.2 cm³/mol. The van der Waals surface area contributed by atoms with E-state index in [0.29, 0.717) is 12.3 Å².